The van der Waals surface area contributed by atoms with Crippen LogP contribution < -0.4 is 0 Å². The zero-order valence-electron chi connectivity index (χ0n) is 13.6. The molecule has 1 amide bonds. The number of aromatic nitrogens is 1. The molecule has 0 radical (unpaired) electrons. The molecule has 25 heavy (non-hydrogen) atoms. The van der Waals surface area contributed by atoms with Crippen molar-refractivity contribution in [3.63, 3.8) is 0 Å². The quantitative estimate of drug-likeness (QED) is 0.607. The molecule has 0 N–H and O–H groups in total. The van der Waals surface area contributed by atoms with Crippen molar-refractivity contribution in [1.29, 1.82) is 0 Å². The van der Waals surface area contributed by atoms with Gasteiger partial charge in [0.05, 0.1) is 4.91 Å². The van der Waals surface area contributed by atoms with Gasteiger partial charge in [-0.25, -0.2) is 14.4 Å². The zero-order chi connectivity index (χ0) is 17.8. The van der Waals surface area contributed by atoms with E-state index in [1.807, 2.05) is 19.1 Å². The Morgan fingerprint density at radius 2 is 2.08 bits per heavy atom. The summed E-state index contributed by atoms with van der Waals surface area (Å²) in [5.41, 5.74) is 1.21. The number of nitrogens with zero attached hydrogens (tertiary/aromatic N) is 3. The average molecular weight is 353 g/mol. The van der Waals surface area contributed by atoms with E-state index >= 15 is 0 Å². The Hall–Kier alpha value is -2.73. The second kappa shape index (κ2) is 7.44. The molecule has 0 spiro atoms. The fourth-order valence-corrected chi connectivity index (χ4v) is 3.29. The Morgan fingerprint density at radius 1 is 1.28 bits per heavy atom. The number of hydrogen-bond donors (Lipinski definition) is 0. The molecule has 0 bridgehead atoms. The van der Waals surface area contributed by atoms with E-state index in [9.17, 15) is 9.18 Å². The first-order valence-electron chi connectivity index (χ1n) is 7.67. The highest BCUT2D eigenvalue weighted by atomic mass is 32.2. The van der Waals surface area contributed by atoms with Crippen molar-refractivity contribution in [3.8, 4) is 0 Å². The molecule has 0 aliphatic carbocycles. The average Bonchev–Trinajstić information content (AvgIpc) is 2.86. The van der Waals surface area contributed by atoms with Gasteiger partial charge in [0.25, 0.3) is 5.91 Å². The smallest absolute Gasteiger partial charge is 0.267 e. The molecule has 1 aliphatic rings. The van der Waals surface area contributed by atoms with Crippen molar-refractivity contribution < 1.29 is 9.18 Å². The number of amidine groups is 1. The van der Waals surface area contributed by atoms with Crippen molar-refractivity contribution in [3.05, 3.63) is 77.1 Å². The van der Waals surface area contributed by atoms with Crippen LogP contribution in [0.1, 0.15) is 11.3 Å². The molecule has 2 aromatic rings. The molecule has 3 rings (SSSR count). The van der Waals surface area contributed by atoms with E-state index in [0.717, 1.165) is 5.69 Å². The van der Waals surface area contributed by atoms with Gasteiger partial charge in [0.2, 0.25) is 0 Å². The van der Waals surface area contributed by atoms with E-state index in [4.69, 9.17) is 0 Å². The Bertz CT molecular complexity index is 892. The normalized spacial score (nSPS) is 17.5. The maximum absolute atomic E-state index is 13.9. The van der Waals surface area contributed by atoms with Gasteiger partial charge < -0.3 is 0 Å². The minimum absolute atomic E-state index is 0.223. The molecular formula is C19H16FN3OS. The molecule has 0 saturated carbocycles. The van der Waals surface area contributed by atoms with Gasteiger partial charge in [-0.1, -0.05) is 30.3 Å². The number of carbonyl (C=O) groups excluding carboxylic acids is 1. The van der Waals surface area contributed by atoms with Gasteiger partial charge in [-0.2, -0.15) is 0 Å². The summed E-state index contributed by atoms with van der Waals surface area (Å²) >= 11 is 1.20. The van der Waals surface area contributed by atoms with Crippen LogP contribution in [0, 0.1) is 12.7 Å². The van der Waals surface area contributed by atoms with Crippen molar-refractivity contribution >= 4 is 34.7 Å². The van der Waals surface area contributed by atoms with Crippen LogP contribution in [-0.2, 0) is 4.79 Å². The number of halogens is 1. The summed E-state index contributed by atoms with van der Waals surface area (Å²) in [7, 11) is 0. The summed E-state index contributed by atoms with van der Waals surface area (Å²) in [6.45, 7) is 5.89. The first-order valence-corrected chi connectivity index (χ1v) is 8.49. The van der Waals surface area contributed by atoms with Gasteiger partial charge in [-0.05, 0) is 43.0 Å². The molecule has 1 aliphatic heterocycles. The minimum Gasteiger partial charge on any atom is -0.282 e. The van der Waals surface area contributed by atoms with Crippen molar-refractivity contribution in [2.75, 3.05) is 6.54 Å². The summed E-state index contributed by atoms with van der Waals surface area (Å²) in [5.74, 6) is -0.0690. The van der Waals surface area contributed by atoms with E-state index in [0.29, 0.717) is 28.0 Å². The lowest BCUT2D eigenvalue weighted by Crippen LogP contribution is -2.29. The zero-order valence-corrected chi connectivity index (χ0v) is 14.5. The van der Waals surface area contributed by atoms with E-state index in [2.05, 4.69) is 16.6 Å². The van der Waals surface area contributed by atoms with Crippen LogP contribution in [0.4, 0.5) is 10.2 Å². The summed E-state index contributed by atoms with van der Waals surface area (Å²) in [6.07, 6.45) is 3.17. The van der Waals surface area contributed by atoms with Gasteiger partial charge in [0.1, 0.15) is 5.82 Å². The molecule has 1 aromatic carbocycles. The van der Waals surface area contributed by atoms with Crippen molar-refractivity contribution in [2.24, 2.45) is 4.99 Å². The fourth-order valence-electron chi connectivity index (χ4n) is 2.30. The van der Waals surface area contributed by atoms with Gasteiger partial charge in [0, 0.05) is 17.8 Å². The SMILES string of the molecule is C=CCN1C(=O)/C(=C/c2ccccc2F)S/C1=N/c1cccc(C)n1. The second-order valence-corrected chi connectivity index (χ2v) is 6.38. The Morgan fingerprint density at radius 3 is 2.80 bits per heavy atom. The molecule has 2 heterocycles. The number of benzene rings is 1. The maximum atomic E-state index is 13.9. The Labute approximate surface area is 149 Å². The summed E-state index contributed by atoms with van der Waals surface area (Å²) in [6, 6.07) is 11.8. The van der Waals surface area contributed by atoms with Crippen molar-refractivity contribution in [1.82, 2.24) is 9.88 Å². The Balaban J connectivity index is 1.98. The third-order valence-corrected chi connectivity index (χ3v) is 4.48. The van der Waals surface area contributed by atoms with Gasteiger partial charge in [-0.3, -0.25) is 9.69 Å². The summed E-state index contributed by atoms with van der Waals surface area (Å²) in [5, 5.41) is 0.505. The van der Waals surface area contributed by atoms with E-state index in [-0.39, 0.29) is 11.7 Å². The molecule has 6 heteroatoms. The molecule has 4 nitrogen and oxygen atoms in total. The van der Waals surface area contributed by atoms with Crippen LogP contribution in [0.3, 0.4) is 0 Å². The van der Waals surface area contributed by atoms with Crippen LogP contribution in [-0.4, -0.2) is 27.5 Å². The molecular weight excluding hydrogens is 337 g/mol. The van der Waals surface area contributed by atoms with Crippen LogP contribution in [0.2, 0.25) is 0 Å². The number of rotatable bonds is 4. The van der Waals surface area contributed by atoms with Gasteiger partial charge in [-0.15, -0.1) is 6.58 Å². The monoisotopic (exact) mass is 353 g/mol. The van der Waals surface area contributed by atoms with Crippen LogP contribution in [0.5, 0.6) is 0 Å². The lowest BCUT2D eigenvalue weighted by Gasteiger charge is -2.12. The molecule has 1 fully saturated rings. The first kappa shape index (κ1) is 17.1. The fraction of sp³-hybridized carbons (Fsp3) is 0.105. The number of hydrogen-bond acceptors (Lipinski definition) is 4. The second-order valence-electron chi connectivity index (χ2n) is 5.37. The number of aryl methyl sites for hydroxylation is 1. The van der Waals surface area contributed by atoms with Crippen LogP contribution in [0.15, 0.2) is 65.0 Å². The van der Waals surface area contributed by atoms with E-state index in [1.165, 1.54) is 22.7 Å². The van der Waals surface area contributed by atoms with Gasteiger partial charge in [0.15, 0.2) is 11.0 Å². The molecule has 0 atom stereocenters. The largest absolute Gasteiger partial charge is 0.282 e. The molecule has 1 saturated heterocycles. The standard InChI is InChI=1S/C19H16FN3OS/c1-3-11-23-18(24)16(12-14-8-4-5-9-15(14)20)25-19(23)22-17-10-6-7-13(2)21-17/h3-10,12H,1,11H2,2H3/b16-12-,22-19+. The van der Waals surface area contributed by atoms with E-state index < -0.39 is 0 Å². The number of carbonyl (C=O) groups is 1. The third kappa shape index (κ3) is 3.85. The minimum atomic E-state index is -0.371. The highest BCUT2D eigenvalue weighted by Crippen LogP contribution is 2.34. The first-order chi connectivity index (χ1) is 12.1. The molecule has 1 aromatic heterocycles. The highest BCUT2D eigenvalue weighted by molar-refractivity contribution is 8.18. The van der Waals surface area contributed by atoms with Crippen LogP contribution in [0.25, 0.3) is 6.08 Å². The lowest BCUT2D eigenvalue weighted by molar-refractivity contribution is -0.121. The number of pyridine rings is 1. The number of aliphatic imine (C=N–C) groups is 1. The predicted octanol–water partition coefficient (Wildman–Crippen LogP) is 4.32. The summed E-state index contributed by atoms with van der Waals surface area (Å²) in [4.78, 5) is 23.4. The Kier molecular flexibility index (Phi) is 5.09. The van der Waals surface area contributed by atoms with Crippen LogP contribution >= 0.6 is 11.8 Å². The van der Waals surface area contributed by atoms with Crippen molar-refractivity contribution in [2.45, 2.75) is 6.92 Å². The maximum Gasteiger partial charge on any atom is 0.267 e. The number of thioether (sulfide) groups is 1. The molecule has 126 valence electrons. The topological polar surface area (TPSA) is 45.6 Å². The lowest BCUT2D eigenvalue weighted by atomic mass is 10.2. The molecule has 0 unspecified atom stereocenters. The highest BCUT2D eigenvalue weighted by Gasteiger charge is 2.32. The van der Waals surface area contributed by atoms with Gasteiger partial charge >= 0.3 is 0 Å². The third-order valence-electron chi connectivity index (χ3n) is 3.48. The summed E-state index contributed by atoms with van der Waals surface area (Å²) < 4.78 is 13.9. The number of amides is 1. The predicted molar refractivity (Wildman–Crippen MR) is 99.9 cm³/mol. The van der Waals surface area contributed by atoms with E-state index in [1.54, 1.807) is 36.4 Å².